The van der Waals surface area contributed by atoms with Crippen molar-refractivity contribution in [2.45, 2.75) is 17.9 Å². The lowest BCUT2D eigenvalue weighted by molar-refractivity contribution is 0.0696. The lowest BCUT2D eigenvalue weighted by atomic mass is 10.1. The molecule has 28 heavy (non-hydrogen) atoms. The molecule has 1 aliphatic rings. The summed E-state index contributed by atoms with van der Waals surface area (Å²) in [6.45, 7) is 1.53. The van der Waals surface area contributed by atoms with Crippen LogP contribution in [0.15, 0.2) is 64.9 Å². The second-order valence-electron chi connectivity index (χ2n) is 6.50. The largest absolute Gasteiger partial charge is 0.478 e. The first-order valence-electron chi connectivity index (χ1n) is 8.69. The number of nitrogens with zero attached hydrogens (tertiary/aromatic N) is 1. The molecular weight excluding hydrogens is 396 g/mol. The normalized spacial score (nSPS) is 13.8. The SMILES string of the molecule is O=C(O)c1cccc(S(=O)(=O)Nc2ccccc2N2CCc3sccc3C2)c1. The Morgan fingerprint density at radius 3 is 2.75 bits per heavy atom. The van der Waals surface area contributed by atoms with Crippen LogP contribution in [0.25, 0.3) is 0 Å². The van der Waals surface area contributed by atoms with Crippen molar-refractivity contribution in [2.24, 2.45) is 0 Å². The number of thiophene rings is 1. The van der Waals surface area contributed by atoms with Gasteiger partial charge in [0.1, 0.15) is 0 Å². The molecule has 0 fully saturated rings. The Morgan fingerprint density at radius 1 is 1.11 bits per heavy atom. The number of para-hydroxylation sites is 2. The van der Waals surface area contributed by atoms with Crippen LogP contribution in [0.5, 0.6) is 0 Å². The van der Waals surface area contributed by atoms with Gasteiger partial charge in [0.2, 0.25) is 0 Å². The summed E-state index contributed by atoms with van der Waals surface area (Å²) in [5.41, 5.74) is 2.47. The number of hydrogen-bond donors (Lipinski definition) is 2. The predicted octanol–water partition coefficient (Wildman–Crippen LogP) is 3.81. The molecule has 0 aliphatic carbocycles. The second-order valence-corrected chi connectivity index (χ2v) is 9.18. The van der Waals surface area contributed by atoms with E-state index in [9.17, 15) is 13.2 Å². The minimum absolute atomic E-state index is 0.0721. The molecule has 0 spiro atoms. The highest BCUT2D eigenvalue weighted by Crippen LogP contribution is 2.33. The Balaban J connectivity index is 1.64. The van der Waals surface area contributed by atoms with E-state index in [1.807, 2.05) is 12.1 Å². The Kier molecular flexibility index (Phi) is 4.82. The molecule has 2 aromatic carbocycles. The lowest BCUT2D eigenvalue weighted by Crippen LogP contribution is -2.30. The van der Waals surface area contributed by atoms with Crippen molar-refractivity contribution >= 4 is 38.7 Å². The molecule has 0 saturated heterocycles. The molecular formula is C20H18N2O4S2. The Labute approximate surface area is 167 Å². The van der Waals surface area contributed by atoms with E-state index in [1.54, 1.807) is 23.5 Å². The standard InChI is InChI=1S/C20H18N2O4S2/c23-20(24)14-4-3-5-16(12-14)28(25,26)21-17-6-1-2-7-18(17)22-10-8-19-15(13-22)9-11-27-19/h1-7,9,11-12,21H,8,10,13H2,(H,23,24). The highest BCUT2D eigenvalue weighted by Gasteiger charge is 2.22. The van der Waals surface area contributed by atoms with E-state index in [2.05, 4.69) is 21.1 Å². The first-order valence-corrected chi connectivity index (χ1v) is 11.1. The number of sulfonamides is 1. The van der Waals surface area contributed by atoms with Gasteiger partial charge in [-0.1, -0.05) is 18.2 Å². The van der Waals surface area contributed by atoms with Gasteiger partial charge in [0.05, 0.1) is 21.8 Å². The molecule has 3 aromatic rings. The van der Waals surface area contributed by atoms with Crippen LogP contribution in [-0.4, -0.2) is 26.0 Å². The van der Waals surface area contributed by atoms with Gasteiger partial charge in [0.25, 0.3) is 10.0 Å². The number of carbonyl (C=O) groups is 1. The van der Waals surface area contributed by atoms with Crippen molar-refractivity contribution < 1.29 is 18.3 Å². The van der Waals surface area contributed by atoms with Crippen LogP contribution < -0.4 is 9.62 Å². The quantitative estimate of drug-likeness (QED) is 0.663. The number of carboxylic acid groups (broad SMARTS) is 1. The van der Waals surface area contributed by atoms with Gasteiger partial charge in [-0.05, 0) is 53.8 Å². The van der Waals surface area contributed by atoms with Crippen molar-refractivity contribution in [1.29, 1.82) is 0 Å². The van der Waals surface area contributed by atoms with E-state index < -0.39 is 16.0 Å². The van der Waals surface area contributed by atoms with Gasteiger partial charge in [-0.2, -0.15) is 0 Å². The zero-order valence-corrected chi connectivity index (χ0v) is 16.5. The minimum Gasteiger partial charge on any atom is -0.478 e. The molecule has 1 aromatic heterocycles. The summed E-state index contributed by atoms with van der Waals surface area (Å²) in [7, 11) is -3.92. The van der Waals surface area contributed by atoms with Gasteiger partial charge in [-0.15, -0.1) is 11.3 Å². The van der Waals surface area contributed by atoms with Crippen LogP contribution in [0.2, 0.25) is 0 Å². The highest BCUT2D eigenvalue weighted by molar-refractivity contribution is 7.92. The van der Waals surface area contributed by atoms with Crippen LogP contribution in [0.1, 0.15) is 20.8 Å². The average molecular weight is 415 g/mol. The minimum atomic E-state index is -3.92. The number of benzene rings is 2. The van der Waals surface area contributed by atoms with Gasteiger partial charge in [-0.25, -0.2) is 13.2 Å². The van der Waals surface area contributed by atoms with Gasteiger partial charge >= 0.3 is 5.97 Å². The third-order valence-corrected chi connectivity index (χ3v) is 7.07. The molecule has 0 atom stereocenters. The van der Waals surface area contributed by atoms with Crippen LogP contribution >= 0.6 is 11.3 Å². The first kappa shape index (κ1) is 18.5. The number of anilines is 2. The maximum Gasteiger partial charge on any atom is 0.335 e. The number of rotatable bonds is 5. The third kappa shape index (κ3) is 3.61. The fraction of sp³-hybridized carbons (Fsp3) is 0.150. The van der Waals surface area contributed by atoms with Crippen LogP contribution in [-0.2, 0) is 23.0 Å². The summed E-state index contributed by atoms with van der Waals surface area (Å²) >= 11 is 1.75. The van der Waals surface area contributed by atoms with Crippen molar-refractivity contribution in [3.63, 3.8) is 0 Å². The van der Waals surface area contributed by atoms with Crippen molar-refractivity contribution in [2.75, 3.05) is 16.2 Å². The number of carboxylic acids is 1. The van der Waals surface area contributed by atoms with Gasteiger partial charge in [-0.3, -0.25) is 4.72 Å². The zero-order chi connectivity index (χ0) is 19.7. The van der Waals surface area contributed by atoms with Crippen LogP contribution in [0, 0.1) is 0 Å². The summed E-state index contributed by atoms with van der Waals surface area (Å²) in [6.07, 6.45) is 0.925. The van der Waals surface area contributed by atoms with E-state index in [0.717, 1.165) is 31.3 Å². The summed E-state index contributed by atoms with van der Waals surface area (Å²) in [5.74, 6) is -1.17. The first-order chi connectivity index (χ1) is 13.4. The summed E-state index contributed by atoms with van der Waals surface area (Å²) in [4.78, 5) is 14.6. The zero-order valence-electron chi connectivity index (χ0n) is 14.8. The Morgan fingerprint density at radius 2 is 1.93 bits per heavy atom. The van der Waals surface area contributed by atoms with Crippen molar-refractivity contribution in [3.05, 3.63) is 76.0 Å². The van der Waals surface area contributed by atoms with E-state index in [-0.39, 0.29) is 10.5 Å². The second kappa shape index (κ2) is 7.29. The molecule has 0 radical (unpaired) electrons. The molecule has 2 N–H and O–H groups in total. The fourth-order valence-corrected chi connectivity index (χ4v) is 5.30. The maximum atomic E-state index is 12.8. The van der Waals surface area contributed by atoms with Crippen molar-refractivity contribution in [1.82, 2.24) is 0 Å². The smallest absolute Gasteiger partial charge is 0.335 e. The molecule has 1 aliphatic heterocycles. The molecule has 8 heteroatoms. The summed E-state index contributed by atoms with van der Waals surface area (Å²) in [5, 5.41) is 11.2. The van der Waals surface area contributed by atoms with E-state index in [0.29, 0.717) is 5.69 Å². The van der Waals surface area contributed by atoms with E-state index in [1.165, 1.54) is 28.6 Å². The van der Waals surface area contributed by atoms with Gasteiger partial charge < -0.3 is 10.0 Å². The van der Waals surface area contributed by atoms with E-state index >= 15 is 0 Å². The van der Waals surface area contributed by atoms with Gasteiger partial charge in [0, 0.05) is 18.0 Å². The predicted molar refractivity (Wildman–Crippen MR) is 110 cm³/mol. The molecule has 4 rings (SSSR count). The van der Waals surface area contributed by atoms with Crippen molar-refractivity contribution in [3.8, 4) is 0 Å². The van der Waals surface area contributed by atoms with E-state index in [4.69, 9.17) is 5.11 Å². The monoisotopic (exact) mass is 414 g/mol. The molecule has 6 nitrogen and oxygen atoms in total. The maximum absolute atomic E-state index is 12.8. The molecule has 0 saturated carbocycles. The number of fused-ring (bicyclic) bond motifs is 1. The van der Waals surface area contributed by atoms with Crippen LogP contribution in [0.4, 0.5) is 11.4 Å². The lowest BCUT2D eigenvalue weighted by Gasteiger charge is -2.30. The molecule has 2 heterocycles. The molecule has 0 amide bonds. The molecule has 0 bridgehead atoms. The number of nitrogens with one attached hydrogen (secondary N) is 1. The van der Waals surface area contributed by atoms with Gasteiger partial charge in [0.15, 0.2) is 0 Å². The molecule has 0 unspecified atom stereocenters. The summed E-state index contributed by atoms with van der Waals surface area (Å²) in [6, 6.07) is 14.7. The third-order valence-electron chi connectivity index (χ3n) is 4.69. The topological polar surface area (TPSA) is 86.7 Å². The molecule has 144 valence electrons. The summed E-state index contributed by atoms with van der Waals surface area (Å²) < 4.78 is 28.3. The van der Waals surface area contributed by atoms with Crippen LogP contribution in [0.3, 0.4) is 0 Å². The number of aromatic carboxylic acids is 1. The fourth-order valence-electron chi connectivity index (χ4n) is 3.29. The average Bonchev–Trinajstić information content (AvgIpc) is 3.16. The highest BCUT2D eigenvalue weighted by atomic mass is 32.2. The number of hydrogen-bond acceptors (Lipinski definition) is 5. The Hall–Kier alpha value is -2.84. The Bertz CT molecular complexity index is 1140.